The predicted octanol–water partition coefficient (Wildman–Crippen LogP) is 4.93. The summed E-state index contributed by atoms with van der Waals surface area (Å²) in [5.74, 6) is 0. The van der Waals surface area contributed by atoms with Crippen LogP contribution in [-0.4, -0.2) is 0 Å². The van der Waals surface area contributed by atoms with Crippen LogP contribution in [0.5, 0.6) is 0 Å². The average Bonchev–Trinajstić information content (AvgIpc) is 2.03. The average molecular weight is 282 g/mol. The van der Waals surface area contributed by atoms with E-state index in [-0.39, 0.29) is 24.0 Å². The SMILES string of the molecule is C=CCCCCCCCCC.I. The summed E-state index contributed by atoms with van der Waals surface area (Å²) < 4.78 is 0. The third kappa shape index (κ3) is 13.1. The molecule has 0 nitrogen and oxygen atoms in total. The van der Waals surface area contributed by atoms with Crippen molar-refractivity contribution in [1.82, 2.24) is 0 Å². The fourth-order valence-electron chi connectivity index (χ4n) is 1.25. The number of hydrogen-bond donors (Lipinski definition) is 0. The summed E-state index contributed by atoms with van der Waals surface area (Å²) >= 11 is 0. The van der Waals surface area contributed by atoms with Gasteiger partial charge in [-0.3, -0.25) is 0 Å². The van der Waals surface area contributed by atoms with Gasteiger partial charge in [0.2, 0.25) is 0 Å². The van der Waals surface area contributed by atoms with Crippen molar-refractivity contribution in [1.29, 1.82) is 0 Å². The Kier molecular flexibility index (Phi) is 17.5. The van der Waals surface area contributed by atoms with E-state index in [1.165, 1.54) is 51.4 Å². The van der Waals surface area contributed by atoms with E-state index in [9.17, 15) is 0 Å². The van der Waals surface area contributed by atoms with Gasteiger partial charge in [-0.1, -0.05) is 51.5 Å². The van der Waals surface area contributed by atoms with Crippen molar-refractivity contribution in [3.05, 3.63) is 12.7 Å². The van der Waals surface area contributed by atoms with Gasteiger partial charge in [0.05, 0.1) is 0 Å². The maximum absolute atomic E-state index is 3.71. The van der Waals surface area contributed by atoms with Crippen LogP contribution in [0.1, 0.15) is 58.3 Å². The smallest absolute Gasteiger partial charge is 0.0353 e. The van der Waals surface area contributed by atoms with Crippen LogP contribution in [0, 0.1) is 0 Å². The first-order chi connectivity index (χ1) is 5.41. The number of halogens is 1. The van der Waals surface area contributed by atoms with E-state index in [4.69, 9.17) is 0 Å². The second kappa shape index (κ2) is 14.0. The van der Waals surface area contributed by atoms with Crippen molar-refractivity contribution in [2.75, 3.05) is 0 Å². The van der Waals surface area contributed by atoms with Crippen molar-refractivity contribution in [3.63, 3.8) is 0 Å². The molecule has 0 aromatic heterocycles. The van der Waals surface area contributed by atoms with Gasteiger partial charge < -0.3 is 0 Å². The number of hydrogen-bond acceptors (Lipinski definition) is 0. The summed E-state index contributed by atoms with van der Waals surface area (Å²) in [5, 5.41) is 0. The quantitative estimate of drug-likeness (QED) is 0.336. The molecule has 0 amide bonds. The molecule has 0 saturated carbocycles. The Morgan fingerprint density at radius 2 is 1.42 bits per heavy atom. The molecular formula is C11H23I. The molecule has 1 heteroatoms. The highest BCUT2D eigenvalue weighted by Gasteiger charge is 1.88. The third-order valence-corrected chi connectivity index (χ3v) is 2.01. The Labute approximate surface area is 94.8 Å². The second-order valence-electron chi connectivity index (χ2n) is 3.20. The molecule has 0 aliphatic heterocycles. The largest absolute Gasteiger partial charge is 0.107 e. The zero-order valence-corrected chi connectivity index (χ0v) is 10.7. The minimum Gasteiger partial charge on any atom is -0.107 e. The lowest BCUT2D eigenvalue weighted by Crippen LogP contribution is -1.78. The van der Waals surface area contributed by atoms with Crippen LogP contribution in [-0.2, 0) is 0 Å². The molecule has 0 atom stereocenters. The summed E-state index contributed by atoms with van der Waals surface area (Å²) in [7, 11) is 0. The van der Waals surface area contributed by atoms with Gasteiger partial charge in [0, 0.05) is 0 Å². The molecule has 0 aliphatic rings. The van der Waals surface area contributed by atoms with E-state index in [2.05, 4.69) is 13.5 Å². The van der Waals surface area contributed by atoms with E-state index in [1.807, 2.05) is 6.08 Å². The maximum atomic E-state index is 3.71. The molecule has 0 radical (unpaired) electrons. The Morgan fingerprint density at radius 1 is 0.917 bits per heavy atom. The number of unbranched alkanes of at least 4 members (excludes halogenated alkanes) is 7. The fourth-order valence-corrected chi connectivity index (χ4v) is 1.25. The van der Waals surface area contributed by atoms with Crippen molar-refractivity contribution in [2.24, 2.45) is 0 Å². The van der Waals surface area contributed by atoms with E-state index in [0.717, 1.165) is 0 Å². The highest BCUT2D eigenvalue weighted by molar-refractivity contribution is 14.0. The Bertz CT molecular complexity index is 79.1. The molecule has 0 unspecified atom stereocenters. The fraction of sp³-hybridized carbons (Fsp3) is 0.818. The first-order valence-corrected chi connectivity index (χ1v) is 5.02. The maximum Gasteiger partial charge on any atom is -0.0353 e. The van der Waals surface area contributed by atoms with Crippen LogP contribution >= 0.6 is 24.0 Å². The number of rotatable bonds is 8. The van der Waals surface area contributed by atoms with Crippen LogP contribution in [0.4, 0.5) is 0 Å². The van der Waals surface area contributed by atoms with Gasteiger partial charge in [-0.25, -0.2) is 0 Å². The van der Waals surface area contributed by atoms with E-state index < -0.39 is 0 Å². The second-order valence-corrected chi connectivity index (χ2v) is 3.20. The van der Waals surface area contributed by atoms with Crippen molar-refractivity contribution in [2.45, 2.75) is 58.3 Å². The third-order valence-electron chi connectivity index (χ3n) is 2.01. The standard InChI is InChI=1S/C11H22.HI/c1-3-5-7-9-11-10-8-6-4-2;/h3H,1,4-11H2,2H3;1H. The van der Waals surface area contributed by atoms with Gasteiger partial charge in [0.1, 0.15) is 0 Å². The Hall–Kier alpha value is 0.470. The van der Waals surface area contributed by atoms with Gasteiger partial charge >= 0.3 is 0 Å². The summed E-state index contributed by atoms with van der Waals surface area (Å²) in [6, 6.07) is 0. The van der Waals surface area contributed by atoms with E-state index in [1.54, 1.807) is 0 Å². The van der Waals surface area contributed by atoms with Gasteiger partial charge in [-0.15, -0.1) is 30.6 Å². The van der Waals surface area contributed by atoms with Crippen molar-refractivity contribution >= 4 is 24.0 Å². The van der Waals surface area contributed by atoms with Gasteiger partial charge in [-0.2, -0.15) is 0 Å². The summed E-state index contributed by atoms with van der Waals surface area (Å²) in [4.78, 5) is 0. The van der Waals surface area contributed by atoms with E-state index in [0.29, 0.717) is 0 Å². The molecule has 0 rings (SSSR count). The zero-order chi connectivity index (χ0) is 8.36. The molecule has 0 N–H and O–H groups in total. The number of allylic oxidation sites excluding steroid dienone is 1. The molecule has 0 bridgehead atoms. The monoisotopic (exact) mass is 282 g/mol. The highest BCUT2D eigenvalue weighted by atomic mass is 127. The molecular weight excluding hydrogens is 259 g/mol. The summed E-state index contributed by atoms with van der Waals surface area (Å²) in [6.07, 6.45) is 13.0. The first kappa shape index (κ1) is 15.0. The summed E-state index contributed by atoms with van der Waals surface area (Å²) in [5.41, 5.74) is 0. The zero-order valence-electron chi connectivity index (χ0n) is 8.35. The minimum atomic E-state index is 0. The van der Waals surface area contributed by atoms with Crippen LogP contribution in [0.25, 0.3) is 0 Å². The predicted molar refractivity (Wildman–Crippen MR) is 68.2 cm³/mol. The Balaban J connectivity index is 0. The lowest BCUT2D eigenvalue weighted by molar-refractivity contribution is 0.592. The van der Waals surface area contributed by atoms with Crippen LogP contribution in [0.15, 0.2) is 12.7 Å². The van der Waals surface area contributed by atoms with Gasteiger partial charge in [0.15, 0.2) is 0 Å². The van der Waals surface area contributed by atoms with Gasteiger partial charge in [-0.05, 0) is 12.8 Å². The summed E-state index contributed by atoms with van der Waals surface area (Å²) in [6.45, 7) is 5.97. The molecule has 0 spiro atoms. The first-order valence-electron chi connectivity index (χ1n) is 5.02. The van der Waals surface area contributed by atoms with Crippen LogP contribution < -0.4 is 0 Å². The van der Waals surface area contributed by atoms with Crippen molar-refractivity contribution < 1.29 is 0 Å². The normalized spacial score (nSPS) is 9.08. The van der Waals surface area contributed by atoms with Crippen LogP contribution in [0.3, 0.4) is 0 Å². The van der Waals surface area contributed by atoms with Crippen molar-refractivity contribution in [3.8, 4) is 0 Å². The molecule has 74 valence electrons. The molecule has 0 aliphatic carbocycles. The van der Waals surface area contributed by atoms with E-state index >= 15 is 0 Å². The lowest BCUT2D eigenvalue weighted by atomic mass is 10.1. The topological polar surface area (TPSA) is 0 Å². The molecule has 0 aromatic rings. The molecule has 0 fully saturated rings. The molecule has 12 heavy (non-hydrogen) atoms. The lowest BCUT2D eigenvalue weighted by Gasteiger charge is -1.98. The van der Waals surface area contributed by atoms with Crippen LogP contribution in [0.2, 0.25) is 0 Å². The highest BCUT2D eigenvalue weighted by Crippen LogP contribution is 2.07. The molecule has 0 saturated heterocycles. The minimum absolute atomic E-state index is 0. The molecule has 0 aromatic carbocycles. The Morgan fingerprint density at radius 3 is 1.92 bits per heavy atom. The molecule has 0 heterocycles. The van der Waals surface area contributed by atoms with Gasteiger partial charge in [0.25, 0.3) is 0 Å².